The van der Waals surface area contributed by atoms with Gasteiger partial charge >= 0.3 is 5.69 Å². The van der Waals surface area contributed by atoms with Crippen LogP contribution in [-0.2, 0) is 11.3 Å². The van der Waals surface area contributed by atoms with Crippen molar-refractivity contribution < 1.29 is 4.79 Å². The molecule has 1 amide bonds. The second kappa shape index (κ2) is 8.01. The number of thioether (sulfide) groups is 1. The van der Waals surface area contributed by atoms with E-state index in [0.717, 1.165) is 12.1 Å². The van der Waals surface area contributed by atoms with E-state index in [1.807, 2.05) is 51.1 Å². The molecular weight excluding hydrogens is 312 g/mol. The number of anilines is 1. The lowest BCUT2D eigenvalue weighted by atomic mass is 10.2. The van der Waals surface area contributed by atoms with E-state index in [9.17, 15) is 9.59 Å². The molecule has 124 valence electrons. The van der Waals surface area contributed by atoms with Crippen LogP contribution >= 0.6 is 11.8 Å². The van der Waals surface area contributed by atoms with Gasteiger partial charge in [0.2, 0.25) is 5.91 Å². The summed E-state index contributed by atoms with van der Waals surface area (Å²) in [5.41, 5.74) is 0.645. The van der Waals surface area contributed by atoms with Crippen molar-refractivity contribution in [3.8, 4) is 0 Å². The fourth-order valence-corrected chi connectivity index (χ4v) is 3.18. The van der Waals surface area contributed by atoms with Gasteiger partial charge in [-0.25, -0.2) is 9.89 Å². The van der Waals surface area contributed by atoms with E-state index >= 15 is 0 Å². The van der Waals surface area contributed by atoms with Crippen LogP contribution in [0.3, 0.4) is 0 Å². The minimum absolute atomic E-state index is 0.00491. The van der Waals surface area contributed by atoms with Gasteiger partial charge in [-0.1, -0.05) is 36.9 Å². The first-order valence-electron chi connectivity index (χ1n) is 7.69. The molecule has 0 aliphatic rings. The Morgan fingerprint density at radius 2 is 2.04 bits per heavy atom. The normalized spacial score (nSPS) is 11.0. The molecule has 0 unspecified atom stereocenters. The second-order valence-electron chi connectivity index (χ2n) is 5.44. The van der Waals surface area contributed by atoms with E-state index in [2.05, 4.69) is 10.2 Å². The molecule has 1 heterocycles. The summed E-state index contributed by atoms with van der Waals surface area (Å²) in [7, 11) is 0. The Hall–Kier alpha value is -2.02. The standard InChI is InChI=1S/C16H22N4O2S/c1-4-10-19-15(22)17-18-16(19)23-11-14(21)20(12(2)3)13-8-6-5-7-9-13/h5-9,12H,4,10-11H2,1-3H3,(H,17,22). The maximum absolute atomic E-state index is 12.6. The Balaban J connectivity index is 2.10. The van der Waals surface area contributed by atoms with Crippen LogP contribution < -0.4 is 10.6 Å². The molecule has 0 radical (unpaired) electrons. The third-order valence-electron chi connectivity index (χ3n) is 3.31. The van der Waals surface area contributed by atoms with Crippen molar-refractivity contribution in [3.63, 3.8) is 0 Å². The number of amides is 1. The lowest BCUT2D eigenvalue weighted by Gasteiger charge is -2.26. The summed E-state index contributed by atoms with van der Waals surface area (Å²) in [5.74, 6) is 0.232. The summed E-state index contributed by atoms with van der Waals surface area (Å²) in [4.78, 5) is 26.1. The van der Waals surface area contributed by atoms with E-state index in [1.54, 1.807) is 9.47 Å². The highest BCUT2D eigenvalue weighted by Gasteiger charge is 2.20. The van der Waals surface area contributed by atoms with Gasteiger partial charge in [-0.15, -0.1) is 5.10 Å². The van der Waals surface area contributed by atoms with E-state index in [-0.39, 0.29) is 23.4 Å². The number of para-hydroxylation sites is 1. The van der Waals surface area contributed by atoms with Crippen molar-refractivity contribution in [2.24, 2.45) is 0 Å². The van der Waals surface area contributed by atoms with Crippen LogP contribution in [0.5, 0.6) is 0 Å². The van der Waals surface area contributed by atoms with Crippen LogP contribution in [0.2, 0.25) is 0 Å². The Morgan fingerprint density at radius 1 is 1.35 bits per heavy atom. The van der Waals surface area contributed by atoms with E-state index in [0.29, 0.717) is 11.7 Å². The van der Waals surface area contributed by atoms with Crippen molar-refractivity contribution in [1.29, 1.82) is 0 Å². The molecule has 0 spiro atoms. The lowest BCUT2D eigenvalue weighted by molar-refractivity contribution is -0.116. The molecule has 0 atom stereocenters. The van der Waals surface area contributed by atoms with Crippen molar-refractivity contribution in [3.05, 3.63) is 40.8 Å². The number of hydrogen-bond donors (Lipinski definition) is 1. The summed E-state index contributed by atoms with van der Waals surface area (Å²) in [6, 6.07) is 9.65. The minimum Gasteiger partial charge on any atom is -0.309 e. The Kier molecular flexibility index (Phi) is 6.04. The maximum Gasteiger partial charge on any atom is 0.343 e. The van der Waals surface area contributed by atoms with Crippen LogP contribution in [0.4, 0.5) is 5.69 Å². The SMILES string of the molecule is CCCn1c(SCC(=O)N(c2ccccc2)C(C)C)n[nH]c1=O. The van der Waals surface area contributed by atoms with Crippen molar-refractivity contribution in [1.82, 2.24) is 14.8 Å². The van der Waals surface area contributed by atoms with E-state index in [4.69, 9.17) is 0 Å². The highest BCUT2D eigenvalue weighted by Crippen LogP contribution is 2.20. The van der Waals surface area contributed by atoms with Gasteiger partial charge in [-0.2, -0.15) is 0 Å². The number of nitrogens with one attached hydrogen (secondary N) is 1. The van der Waals surface area contributed by atoms with Crippen LogP contribution in [0, 0.1) is 0 Å². The second-order valence-corrected chi connectivity index (χ2v) is 6.39. The fourth-order valence-electron chi connectivity index (χ4n) is 2.35. The first-order valence-corrected chi connectivity index (χ1v) is 8.68. The molecule has 0 saturated carbocycles. The van der Waals surface area contributed by atoms with E-state index in [1.165, 1.54) is 11.8 Å². The first-order chi connectivity index (χ1) is 11.0. The number of aromatic nitrogens is 3. The molecule has 0 aliphatic heterocycles. The molecule has 2 rings (SSSR count). The highest BCUT2D eigenvalue weighted by molar-refractivity contribution is 7.99. The van der Waals surface area contributed by atoms with Gasteiger partial charge in [0.25, 0.3) is 0 Å². The average molecular weight is 334 g/mol. The van der Waals surface area contributed by atoms with Gasteiger partial charge in [0.1, 0.15) is 0 Å². The molecule has 1 N–H and O–H groups in total. The summed E-state index contributed by atoms with van der Waals surface area (Å²) in [6.45, 7) is 6.56. The van der Waals surface area contributed by atoms with Crippen LogP contribution in [0.25, 0.3) is 0 Å². The molecule has 0 fully saturated rings. The van der Waals surface area contributed by atoms with Gasteiger partial charge in [0, 0.05) is 18.3 Å². The molecule has 23 heavy (non-hydrogen) atoms. The first kappa shape index (κ1) is 17.3. The quantitative estimate of drug-likeness (QED) is 0.790. The highest BCUT2D eigenvalue weighted by atomic mass is 32.2. The Morgan fingerprint density at radius 3 is 2.65 bits per heavy atom. The Labute approximate surface area is 139 Å². The molecule has 6 nitrogen and oxygen atoms in total. The number of benzene rings is 1. The molecule has 7 heteroatoms. The van der Waals surface area contributed by atoms with Crippen molar-refractivity contribution in [2.75, 3.05) is 10.7 Å². The monoisotopic (exact) mass is 334 g/mol. The van der Waals surface area contributed by atoms with Gasteiger partial charge < -0.3 is 4.90 Å². The van der Waals surface area contributed by atoms with Gasteiger partial charge in [0.05, 0.1) is 5.75 Å². The third-order valence-corrected chi connectivity index (χ3v) is 4.28. The van der Waals surface area contributed by atoms with Gasteiger partial charge in [-0.3, -0.25) is 9.36 Å². The molecular formula is C16H22N4O2S. The molecule has 2 aromatic rings. The topological polar surface area (TPSA) is 71.0 Å². The van der Waals surface area contributed by atoms with Crippen LogP contribution in [-0.4, -0.2) is 32.5 Å². The maximum atomic E-state index is 12.6. The van der Waals surface area contributed by atoms with E-state index < -0.39 is 0 Å². The largest absolute Gasteiger partial charge is 0.343 e. The van der Waals surface area contributed by atoms with Gasteiger partial charge in [0.15, 0.2) is 5.16 Å². The number of nitrogens with zero attached hydrogens (tertiary/aromatic N) is 3. The number of rotatable bonds is 7. The lowest BCUT2D eigenvalue weighted by Crippen LogP contribution is -2.38. The van der Waals surface area contributed by atoms with Crippen molar-refractivity contribution >= 4 is 23.4 Å². The number of carbonyl (C=O) groups excluding carboxylic acids is 1. The zero-order valence-electron chi connectivity index (χ0n) is 13.7. The number of hydrogen-bond acceptors (Lipinski definition) is 4. The predicted molar refractivity (Wildman–Crippen MR) is 92.9 cm³/mol. The molecule has 1 aromatic carbocycles. The zero-order valence-corrected chi connectivity index (χ0v) is 14.5. The number of H-pyrrole nitrogens is 1. The average Bonchev–Trinajstić information content (AvgIpc) is 2.87. The number of aromatic amines is 1. The third kappa shape index (κ3) is 4.25. The molecule has 1 aromatic heterocycles. The van der Waals surface area contributed by atoms with Crippen molar-refractivity contribution in [2.45, 2.75) is 44.9 Å². The van der Waals surface area contributed by atoms with Crippen LogP contribution in [0.15, 0.2) is 40.3 Å². The summed E-state index contributed by atoms with van der Waals surface area (Å²) >= 11 is 1.29. The molecule has 0 saturated heterocycles. The van der Waals surface area contributed by atoms with Crippen LogP contribution in [0.1, 0.15) is 27.2 Å². The summed E-state index contributed by atoms with van der Waals surface area (Å²) < 4.78 is 1.57. The van der Waals surface area contributed by atoms with Gasteiger partial charge in [-0.05, 0) is 32.4 Å². The fraction of sp³-hybridized carbons (Fsp3) is 0.438. The minimum atomic E-state index is -0.231. The number of carbonyl (C=O) groups is 1. The smallest absolute Gasteiger partial charge is 0.309 e. The molecule has 0 aliphatic carbocycles. The summed E-state index contributed by atoms with van der Waals surface area (Å²) in [5, 5.41) is 7.00. The predicted octanol–water partition coefficient (Wildman–Crippen LogP) is 2.52. The Bertz CT molecular complexity index is 694. The summed E-state index contributed by atoms with van der Waals surface area (Å²) in [6.07, 6.45) is 0.836. The molecule has 0 bridgehead atoms. The zero-order chi connectivity index (χ0) is 16.8.